The Bertz CT molecular complexity index is 1590. The molecule has 248 valence electrons. The second-order valence-electron chi connectivity index (χ2n) is 11.1. The molecule has 0 unspecified atom stereocenters. The van der Waals surface area contributed by atoms with Crippen LogP contribution in [0.15, 0.2) is 71.6 Å². The lowest BCUT2D eigenvalue weighted by Gasteiger charge is -2.34. The summed E-state index contributed by atoms with van der Waals surface area (Å²) >= 11 is 0. The van der Waals surface area contributed by atoms with Gasteiger partial charge in [-0.05, 0) is 73.4 Å². The zero-order valence-electron chi connectivity index (χ0n) is 26.7. The molecule has 1 aliphatic rings. The van der Waals surface area contributed by atoms with E-state index in [0.717, 1.165) is 48.5 Å². The van der Waals surface area contributed by atoms with Gasteiger partial charge in [-0.25, -0.2) is 12.8 Å². The number of carbonyl (C=O) groups excluding carboxylic acids is 2. The lowest BCUT2D eigenvalue weighted by atomic mass is 9.95. The van der Waals surface area contributed by atoms with Crippen molar-refractivity contribution in [2.75, 3.05) is 32.2 Å². The molecule has 1 saturated carbocycles. The highest BCUT2D eigenvalue weighted by molar-refractivity contribution is 7.92. The fourth-order valence-corrected chi connectivity index (χ4v) is 7.10. The summed E-state index contributed by atoms with van der Waals surface area (Å²) in [4.78, 5) is 29.3. The van der Waals surface area contributed by atoms with E-state index >= 15 is 0 Å². The van der Waals surface area contributed by atoms with E-state index < -0.39 is 34.3 Å². The van der Waals surface area contributed by atoms with Gasteiger partial charge in [-0.15, -0.1) is 0 Å². The highest BCUT2D eigenvalue weighted by Crippen LogP contribution is 2.32. The van der Waals surface area contributed by atoms with Crippen molar-refractivity contribution >= 4 is 27.5 Å². The second-order valence-corrected chi connectivity index (χ2v) is 13.0. The van der Waals surface area contributed by atoms with Crippen LogP contribution in [0.4, 0.5) is 10.1 Å². The van der Waals surface area contributed by atoms with Gasteiger partial charge in [0.05, 0.1) is 31.9 Å². The normalized spacial score (nSPS) is 14.2. The molecule has 1 aliphatic carbocycles. The number of rotatable bonds is 14. The fraction of sp³-hybridized carbons (Fsp3) is 0.412. The van der Waals surface area contributed by atoms with Gasteiger partial charge >= 0.3 is 0 Å². The number of benzene rings is 3. The lowest BCUT2D eigenvalue weighted by molar-refractivity contribution is -0.140. The first-order chi connectivity index (χ1) is 22.1. The van der Waals surface area contributed by atoms with Crippen LogP contribution in [0.1, 0.15) is 51.0 Å². The maximum atomic E-state index is 14.3. The minimum Gasteiger partial charge on any atom is -0.497 e. The van der Waals surface area contributed by atoms with E-state index in [0.29, 0.717) is 23.5 Å². The van der Waals surface area contributed by atoms with Crippen LogP contribution in [0.3, 0.4) is 0 Å². The Balaban J connectivity index is 1.74. The molecule has 0 bridgehead atoms. The third-order valence-electron chi connectivity index (χ3n) is 8.16. The maximum absolute atomic E-state index is 14.3. The first kappa shape index (κ1) is 34.6. The molecular formula is C34H42FN3O7S. The van der Waals surface area contributed by atoms with E-state index in [4.69, 9.17) is 14.2 Å². The molecule has 4 rings (SSSR count). The van der Waals surface area contributed by atoms with Crippen molar-refractivity contribution in [2.45, 2.75) is 69.0 Å². The summed E-state index contributed by atoms with van der Waals surface area (Å²) in [6, 6.07) is 15.2. The molecule has 0 aliphatic heterocycles. The number of anilines is 1. The van der Waals surface area contributed by atoms with E-state index in [1.807, 2.05) is 13.0 Å². The number of nitrogens with zero attached hydrogens (tertiary/aromatic N) is 2. The van der Waals surface area contributed by atoms with Gasteiger partial charge in [0.2, 0.25) is 11.8 Å². The number of methoxy groups -OCH3 is 3. The molecule has 0 heterocycles. The molecule has 3 aromatic rings. The number of carbonyl (C=O) groups is 2. The monoisotopic (exact) mass is 655 g/mol. The number of halogens is 1. The average molecular weight is 656 g/mol. The Hall–Kier alpha value is -4.32. The van der Waals surface area contributed by atoms with Gasteiger partial charge in [0.15, 0.2) is 11.5 Å². The van der Waals surface area contributed by atoms with Gasteiger partial charge in [-0.1, -0.05) is 38.3 Å². The van der Waals surface area contributed by atoms with E-state index in [9.17, 15) is 22.4 Å². The first-order valence-electron chi connectivity index (χ1n) is 15.3. The van der Waals surface area contributed by atoms with Crippen LogP contribution in [-0.4, -0.2) is 65.1 Å². The molecule has 12 heteroatoms. The summed E-state index contributed by atoms with van der Waals surface area (Å²) in [6.45, 7) is 1.19. The topological polar surface area (TPSA) is 114 Å². The molecule has 0 aromatic heterocycles. The Kier molecular flexibility index (Phi) is 11.9. The smallest absolute Gasteiger partial charge is 0.264 e. The Morgan fingerprint density at radius 3 is 2.24 bits per heavy atom. The predicted molar refractivity (Wildman–Crippen MR) is 173 cm³/mol. The van der Waals surface area contributed by atoms with Crippen molar-refractivity contribution in [3.8, 4) is 17.2 Å². The van der Waals surface area contributed by atoms with Crippen molar-refractivity contribution in [1.29, 1.82) is 0 Å². The van der Waals surface area contributed by atoms with Crippen LogP contribution in [0.25, 0.3) is 0 Å². The maximum Gasteiger partial charge on any atom is 0.264 e. The van der Waals surface area contributed by atoms with E-state index in [2.05, 4.69) is 5.32 Å². The molecule has 10 nitrogen and oxygen atoms in total. The quantitative estimate of drug-likeness (QED) is 0.251. The van der Waals surface area contributed by atoms with Gasteiger partial charge in [0.1, 0.15) is 24.2 Å². The van der Waals surface area contributed by atoms with Gasteiger partial charge < -0.3 is 24.4 Å². The molecule has 46 heavy (non-hydrogen) atoms. The van der Waals surface area contributed by atoms with Crippen molar-refractivity contribution in [1.82, 2.24) is 10.2 Å². The number of sulfonamides is 1. The third kappa shape index (κ3) is 8.28. The van der Waals surface area contributed by atoms with Gasteiger partial charge in [-0.2, -0.15) is 0 Å². The summed E-state index contributed by atoms with van der Waals surface area (Å²) < 4.78 is 59.2. The number of ether oxygens (including phenoxy) is 3. The predicted octanol–water partition coefficient (Wildman–Crippen LogP) is 5.30. The van der Waals surface area contributed by atoms with Crippen molar-refractivity contribution in [3.05, 3.63) is 78.1 Å². The van der Waals surface area contributed by atoms with Gasteiger partial charge in [0.25, 0.3) is 10.0 Å². The zero-order valence-corrected chi connectivity index (χ0v) is 27.5. The van der Waals surface area contributed by atoms with Crippen LogP contribution in [0.2, 0.25) is 0 Å². The van der Waals surface area contributed by atoms with Crippen LogP contribution in [-0.2, 0) is 26.2 Å². The standard InChI is InChI=1S/C34H42FN3O7S/c1-5-30(34(40)36-26-11-7-6-8-12-26)37(22-24-10-9-13-28(20-24)43-2)33(39)23-38(27-16-14-25(35)15-17-27)46(41,42)29-18-19-31(44-3)32(21-29)45-4/h9-10,13-21,26,30H,5-8,11-12,22-23H2,1-4H3,(H,36,40)/t30-/m1/s1. The van der Waals surface area contributed by atoms with Crippen LogP contribution in [0.5, 0.6) is 17.2 Å². The van der Waals surface area contributed by atoms with Crippen molar-refractivity contribution < 1.29 is 36.6 Å². The Labute approximate surface area is 270 Å². The fourth-order valence-electron chi connectivity index (χ4n) is 5.67. The van der Waals surface area contributed by atoms with E-state index in [1.54, 1.807) is 18.2 Å². The minimum absolute atomic E-state index is 0.0187. The lowest BCUT2D eigenvalue weighted by Crippen LogP contribution is -2.54. The third-order valence-corrected chi connectivity index (χ3v) is 9.93. The minimum atomic E-state index is -4.40. The Morgan fingerprint density at radius 1 is 0.913 bits per heavy atom. The summed E-state index contributed by atoms with van der Waals surface area (Å²) in [5.41, 5.74) is 0.776. The summed E-state index contributed by atoms with van der Waals surface area (Å²) in [6.07, 6.45) is 5.20. The first-order valence-corrected chi connectivity index (χ1v) is 16.8. The summed E-state index contributed by atoms with van der Waals surface area (Å²) in [7, 11) is -0.0532. The molecule has 0 spiro atoms. The molecular weight excluding hydrogens is 613 g/mol. The van der Waals surface area contributed by atoms with Crippen LogP contribution < -0.4 is 23.8 Å². The molecule has 1 fully saturated rings. The van der Waals surface area contributed by atoms with E-state index in [-0.39, 0.29) is 34.8 Å². The number of hydrogen-bond acceptors (Lipinski definition) is 7. The second kappa shape index (κ2) is 15.8. The molecule has 3 aromatic carbocycles. The Morgan fingerprint density at radius 2 is 1.61 bits per heavy atom. The van der Waals surface area contributed by atoms with Gasteiger partial charge in [0, 0.05) is 18.7 Å². The van der Waals surface area contributed by atoms with Crippen LogP contribution >= 0.6 is 0 Å². The average Bonchev–Trinajstić information content (AvgIpc) is 3.07. The summed E-state index contributed by atoms with van der Waals surface area (Å²) in [5, 5.41) is 3.13. The number of nitrogens with one attached hydrogen (secondary N) is 1. The molecule has 1 N–H and O–H groups in total. The van der Waals surface area contributed by atoms with Crippen molar-refractivity contribution in [2.24, 2.45) is 0 Å². The molecule has 1 atom stereocenters. The molecule has 0 radical (unpaired) electrons. The highest BCUT2D eigenvalue weighted by Gasteiger charge is 2.35. The summed E-state index contributed by atoms with van der Waals surface area (Å²) in [5.74, 6) is -0.384. The molecule has 0 saturated heterocycles. The largest absolute Gasteiger partial charge is 0.497 e. The van der Waals surface area contributed by atoms with Crippen LogP contribution in [0, 0.1) is 5.82 Å². The zero-order chi connectivity index (χ0) is 33.3. The van der Waals surface area contributed by atoms with E-state index in [1.165, 1.54) is 56.6 Å². The molecule has 2 amide bonds. The van der Waals surface area contributed by atoms with Crippen molar-refractivity contribution in [3.63, 3.8) is 0 Å². The SMILES string of the molecule is CC[C@H](C(=O)NC1CCCCC1)N(Cc1cccc(OC)c1)C(=O)CN(c1ccc(F)cc1)S(=O)(=O)c1ccc(OC)c(OC)c1. The number of hydrogen-bond donors (Lipinski definition) is 1. The highest BCUT2D eigenvalue weighted by atomic mass is 32.2. The van der Waals surface area contributed by atoms with Gasteiger partial charge in [-0.3, -0.25) is 13.9 Å². The number of amides is 2.